The fourth-order valence-corrected chi connectivity index (χ4v) is 3.41. The number of anilines is 1. The standard InChI is InChI=1S/C15H12BrN3O2S/c16-12-3-1-4-13(11-12)18-22(20,21)15-7-5-14(6-8-15)19-10-2-9-17-19/h1-11,18H. The molecule has 1 heterocycles. The Hall–Kier alpha value is -2.12. The van der Waals surface area contributed by atoms with Crippen molar-refractivity contribution in [3.05, 3.63) is 71.5 Å². The molecule has 1 N–H and O–H groups in total. The van der Waals surface area contributed by atoms with Crippen LogP contribution in [-0.4, -0.2) is 18.2 Å². The largest absolute Gasteiger partial charge is 0.280 e. The Morgan fingerprint density at radius 3 is 2.45 bits per heavy atom. The van der Waals surface area contributed by atoms with Crippen molar-refractivity contribution in [2.75, 3.05) is 4.72 Å². The van der Waals surface area contributed by atoms with Crippen LogP contribution in [0.25, 0.3) is 5.69 Å². The van der Waals surface area contributed by atoms with E-state index in [0.717, 1.165) is 10.2 Å². The molecule has 0 aliphatic carbocycles. The molecule has 5 nitrogen and oxygen atoms in total. The molecule has 0 spiro atoms. The van der Waals surface area contributed by atoms with Gasteiger partial charge >= 0.3 is 0 Å². The summed E-state index contributed by atoms with van der Waals surface area (Å²) in [7, 11) is -3.62. The van der Waals surface area contributed by atoms with Gasteiger partial charge in [0.15, 0.2) is 0 Å². The first-order valence-corrected chi connectivity index (χ1v) is 8.71. The fourth-order valence-electron chi connectivity index (χ4n) is 1.97. The van der Waals surface area contributed by atoms with Gasteiger partial charge in [0.25, 0.3) is 10.0 Å². The zero-order valence-electron chi connectivity index (χ0n) is 11.3. The van der Waals surface area contributed by atoms with E-state index in [1.54, 1.807) is 65.6 Å². The van der Waals surface area contributed by atoms with Crippen LogP contribution in [0.3, 0.4) is 0 Å². The number of benzene rings is 2. The van der Waals surface area contributed by atoms with Crippen LogP contribution in [0.1, 0.15) is 0 Å². The summed E-state index contributed by atoms with van der Waals surface area (Å²) in [5, 5.41) is 4.10. The second-order valence-corrected chi connectivity index (χ2v) is 7.16. The van der Waals surface area contributed by atoms with Gasteiger partial charge in [-0.3, -0.25) is 4.72 Å². The number of sulfonamides is 1. The Bertz CT molecular complexity index is 875. The Morgan fingerprint density at radius 1 is 1.05 bits per heavy atom. The summed E-state index contributed by atoms with van der Waals surface area (Å²) >= 11 is 3.31. The van der Waals surface area contributed by atoms with E-state index in [9.17, 15) is 8.42 Å². The predicted octanol–water partition coefficient (Wildman–Crippen LogP) is 3.44. The summed E-state index contributed by atoms with van der Waals surface area (Å²) in [6.07, 6.45) is 3.46. The van der Waals surface area contributed by atoms with Crippen molar-refractivity contribution in [1.29, 1.82) is 0 Å². The molecule has 0 bridgehead atoms. The number of hydrogen-bond acceptors (Lipinski definition) is 3. The highest BCUT2D eigenvalue weighted by molar-refractivity contribution is 9.10. The van der Waals surface area contributed by atoms with E-state index in [0.29, 0.717) is 5.69 Å². The lowest BCUT2D eigenvalue weighted by Crippen LogP contribution is -2.13. The van der Waals surface area contributed by atoms with Gasteiger partial charge in [0.2, 0.25) is 0 Å². The minimum atomic E-state index is -3.62. The molecule has 112 valence electrons. The van der Waals surface area contributed by atoms with Crippen LogP contribution in [0, 0.1) is 0 Å². The van der Waals surface area contributed by atoms with Gasteiger partial charge < -0.3 is 0 Å². The van der Waals surface area contributed by atoms with Gasteiger partial charge in [-0.25, -0.2) is 13.1 Å². The van der Waals surface area contributed by atoms with Gasteiger partial charge in [0.1, 0.15) is 0 Å². The number of nitrogens with zero attached hydrogens (tertiary/aromatic N) is 2. The van der Waals surface area contributed by atoms with Crippen LogP contribution in [-0.2, 0) is 10.0 Å². The van der Waals surface area contributed by atoms with Crippen LogP contribution < -0.4 is 4.72 Å². The maximum absolute atomic E-state index is 12.4. The molecule has 0 saturated carbocycles. The quantitative estimate of drug-likeness (QED) is 0.757. The molecule has 0 atom stereocenters. The molecule has 22 heavy (non-hydrogen) atoms. The van der Waals surface area contributed by atoms with Gasteiger partial charge in [-0.2, -0.15) is 5.10 Å². The molecule has 0 radical (unpaired) electrons. The van der Waals surface area contributed by atoms with Crippen molar-refractivity contribution >= 4 is 31.6 Å². The Balaban J connectivity index is 1.86. The highest BCUT2D eigenvalue weighted by atomic mass is 79.9. The van der Waals surface area contributed by atoms with E-state index in [-0.39, 0.29) is 4.90 Å². The monoisotopic (exact) mass is 377 g/mol. The second kappa shape index (κ2) is 5.94. The first kappa shape index (κ1) is 14.8. The summed E-state index contributed by atoms with van der Waals surface area (Å²) in [6, 6.07) is 15.3. The Labute approximate surface area is 136 Å². The normalized spacial score (nSPS) is 11.3. The topological polar surface area (TPSA) is 64.0 Å². The lowest BCUT2D eigenvalue weighted by molar-refractivity contribution is 0.601. The third-order valence-electron chi connectivity index (χ3n) is 2.99. The fraction of sp³-hybridized carbons (Fsp3) is 0. The van der Waals surface area contributed by atoms with Crippen molar-refractivity contribution in [3.63, 3.8) is 0 Å². The van der Waals surface area contributed by atoms with E-state index in [2.05, 4.69) is 25.8 Å². The molecule has 0 fully saturated rings. The minimum Gasteiger partial charge on any atom is -0.280 e. The first-order valence-electron chi connectivity index (χ1n) is 6.43. The molecule has 1 aromatic heterocycles. The molecule has 0 aliphatic rings. The predicted molar refractivity (Wildman–Crippen MR) is 88.5 cm³/mol. The van der Waals surface area contributed by atoms with Crippen molar-refractivity contribution in [2.45, 2.75) is 4.90 Å². The zero-order chi connectivity index (χ0) is 15.6. The summed E-state index contributed by atoms with van der Waals surface area (Å²) in [5.41, 5.74) is 1.30. The smallest absolute Gasteiger partial charge is 0.261 e. The third-order valence-corrected chi connectivity index (χ3v) is 4.88. The molecular formula is C15H12BrN3O2S. The zero-order valence-corrected chi connectivity index (χ0v) is 13.8. The van der Waals surface area contributed by atoms with Crippen LogP contribution in [0.15, 0.2) is 76.4 Å². The lowest BCUT2D eigenvalue weighted by atomic mass is 10.3. The lowest BCUT2D eigenvalue weighted by Gasteiger charge is -2.09. The molecule has 7 heteroatoms. The molecule has 3 rings (SSSR count). The van der Waals surface area contributed by atoms with Crippen molar-refractivity contribution < 1.29 is 8.42 Å². The number of hydrogen-bond donors (Lipinski definition) is 1. The van der Waals surface area contributed by atoms with Gasteiger partial charge in [0.05, 0.1) is 10.6 Å². The average Bonchev–Trinajstić information content (AvgIpc) is 3.01. The van der Waals surface area contributed by atoms with Gasteiger partial charge in [-0.1, -0.05) is 22.0 Å². The summed E-state index contributed by atoms with van der Waals surface area (Å²) in [5.74, 6) is 0. The van der Waals surface area contributed by atoms with Crippen molar-refractivity contribution in [2.24, 2.45) is 0 Å². The number of nitrogens with one attached hydrogen (secondary N) is 1. The number of halogens is 1. The van der Waals surface area contributed by atoms with Gasteiger partial charge in [-0.15, -0.1) is 0 Å². The van der Waals surface area contributed by atoms with Crippen LogP contribution in [0.5, 0.6) is 0 Å². The molecule has 0 amide bonds. The van der Waals surface area contributed by atoms with E-state index < -0.39 is 10.0 Å². The third kappa shape index (κ3) is 3.20. The minimum absolute atomic E-state index is 0.198. The summed E-state index contributed by atoms with van der Waals surface area (Å²) < 4.78 is 29.7. The maximum Gasteiger partial charge on any atom is 0.261 e. The molecule has 0 unspecified atom stereocenters. The highest BCUT2D eigenvalue weighted by Gasteiger charge is 2.14. The SMILES string of the molecule is O=S(=O)(Nc1cccc(Br)c1)c1ccc(-n2cccn2)cc1. The number of rotatable bonds is 4. The van der Waals surface area contributed by atoms with E-state index in [1.807, 2.05) is 6.07 Å². The van der Waals surface area contributed by atoms with Crippen molar-refractivity contribution in [1.82, 2.24) is 9.78 Å². The Kier molecular flexibility index (Phi) is 4.00. The summed E-state index contributed by atoms with van der Waals surface area (Å²) in [6.45, 7) is 0. The van der Waals surface area contributed by atoms with E-state index >= 15 is 0 Å². The average molecular weight is 378 g/mol. The molecule has 0 aliphatic heterocycles. The maximum atomic E-state index is 12.4. The van der Waals surface area contributed by atoms with Crippen LogP contribution in [0.4, 0.5) is 5.69 Å². The number of aromatic nitrogens is 2. The van der Waals surface area contributed by atoms with Gasteiger partial charge in [0, 0.05) is 22.6 Å². The van der Waals surface area contributed by atoms with Gasteiger partial charge in [-0.05, 0) is 48.5 Å². The van der Waals surface area contributed by atoms with E-state index in [1.165, 1.54) is 0 Å². The van der Waals surface area contributed by atoms with Crippen LogP contribution in [0.2, 0.25) is 0 Å². The summed E-state index contributed by atoms with van der Waals surface area (Å²) in [4.78, 5) is 0.198. The van der Waals surface area contributed by atoms with Crippen LogP contribution >= 0.6 is 15.9 Å². The molecule has 2 aromatic carbocycles. The molecule has 3 aromatic rings. The Morgan fingerprint density at radius 2 is 1.82 bits per heavy atom. The molecule has 0 saturated heterocycles. The first-order chi connectivity index (χ1) is 10.5. The highest BCUT2D eigenvalue weighted by Crippen LogP contribution is 2.20. The molecular weight excluding hydrogens is 366 g/mol. The second-order valence-electron chi connectivity index (χ2n) is 4.56. The van der Waals surface area contributed by atoms with E-state index in [4.69, 9.17) is 0 Å². The van der Waals surface area contributed by atoms with Crippen molar-refractivity contribution in [3.8, 4) is 5.69 Å².